The molecule has 9 heteroatoms. The van der Waals surface area contributed by atoms with Crippen molar-refractivity contribution < 1.29 is 17.9 Å². The quantitative estimate of drug-likeness (QED) is 0.746. The van der Waals surface area contributed by atoms with E-state index in [1.165, 1.54) is 31.2 Å². The Morgan fingerprint density at radius 2 is 1.76 bits per heavy atom. The van der Waals surface area contributed by atoms with E-state index in [1.807, 2.05) is 10.9 Å². The standard InChI is InChI=1S/C16H14ClN3O4S/c1-11(24-14-6-2-12(10-18)3-7-14)16(21)19-20-25(22,23)15-8-4-13(17)5-9-15/h2-9,11,20H,1H3,(H,19,21)/t11-/m1/s1. The molecule has 0 heterocycles. The lowest BCUT2D eigenvalue weighted by molar-refractivity contribution is -0.127. The van der Waals surface area contributed by atoms with E-state index in [0.717, 1.165) is 0 Å². The number of sulfonamides is 1. The van der Waals surface area contributed by atoms with Crippen LogP contribution in [0.2, 0.25) is 5.02 Å². The summed E-state index contributed by atoms with van der Waals surface area (Å²) in [6, 6.07) is 13.6. The molecule has 0 fully saturated rings. The van der Waals surface area contributed by atoms with Gasteiger partial charge in [0.15, 0.2) is 6.10 Å². The molecule has 0 aliphatic carbocycles. The number of nitrogens with one attached hydrogen (secondary N) is 2. The number of ether oxygens (including phenoxy) is 1. The molecule has 0 saturated carbocycles. The molecule has 2 N–H and O–H groups in total. The van der Waals surface area contributed by atoms with E-state index in [2.05, 4.69) is 5.43 Å². The zero-order valence-electron chi connectivity index (χ0n) is 13.1. The fourth-order valence-electron chi connectivity index (χ4n) is 1.76. The first kappa shape index (κ1) is 18.7. The normalized spacial score (nSPS) is 12.0. The smallest absolute Gasteiger partial charge is 0.275 e. The summed E-state index contributed by atoms with van der Waals surface area (Å²) in [6.07, 6.45) is -0.958. The first-order valence-corrected chi connectivity index (χ1v) is 8.92. The molecule has 0 aliphatic rings. The molecule has 0 radical (unpaired) electrons. The Balaban J connectivity index is 1.94. The summed E-state index contributed by atoms with van der Waals surface area (Å²) in [5.41, 5.74) is 2.55. The van der Waals surface area contributed by atoms with Crippen molar-refractivity contribution in [3.8, 4) is 11.8 Å². The van der Waals surface area contributed by atoms with Gasteiger partial charge in [-0.25, -0.2) is 8.42 Å². The molecule has 2 aromatic carbocycles. The Hall–Kier alpha value is -2.60. The van der Waals surface area contributed by atoms with E-state index in [9.17, 15) is 13.2 Å². The molecular weight excluding hydrogens is 366 g/mol. The highest BCUT2D eigenvalue weighted by Gasteiger charge is 2.19. The van der Waals surface area contributed by atoms with Gasteiger partial charge in [-0.05, 0) is 55.5 Å². The van der Waals surface area contributed by atoms with Crippen LogP contribution in [-0.4, -0.2) is 20.4 Å². The number of nitriles is 1. The largest absolute Gasteiger partial charge is 0.481 e. The summed E-state index contributed by atoms with van der Waals surface area (Å²) in [4.78, 5) is 13.9. The Labute approximate surface area is 150 Å². The van der Waals surface area contributed by atoms with Crippen LogP contribution in [0.3, 0.4) is 0 Å². The van der Waals surface area contributed by atoms with Crippen LogP contribution in [0, 0.1) is 11.3 Å². The minimum Gasteiger partial charge on any atom is -0.481 e. The SMILES string of the molecule is C[C@@H](Oc1ccc(C#N)cc1)C(=O)NNS(=O)(=O)c1ccc(Cl)cc1. The highest BCUT2D eigenvalue weighted by molar-refractivity contribution is 7.89. The first-order valence-electron chi connectivity index (χ1n) is 7.06. The number of amides is 1. The molecular formula is C16H14ClN3O4S. The van der Waals surface area contributed by atoms with Gasteiger partial charge in [-0.3, -0.25) is 10.2 Å². The number of hydrogen-bond acceptors (Lipinski definition) is 5. The van der Waals surface area contributed by atoms with Gasteiger partial charge in [-0.2, -0.15) is 5.26 Å². The second-order valence-corrected chi connectivity index (χ2v) is 7.06. The summed E-state index contributed by atoms with van der Waals surface area (Å²) in [7, 11) is -3.92. The van der Waals surface area contributed by atoms with Crippen molar-refractivity contribution in [3.05, 3.63) is 59.1 Å². The molecule has 0 saturated heterocycles. The molecule has 130 valence electrons. The van der Waals surface area contributed by atoms with Crippen LogP contribution in [0.15, 0.2) is 53.4 Å². The van der Waals surface area contributed by atoms with Gasteiger partial charge < -0.3 is 4.74 Å². The predicted molar refractivity (Wildman–Crippen MR) is 91.2 cm³/mol. The Morgan fingerprint density at radius 3 is 2.32 bits per heavy atom. The molecule has 2 aromatic rings. The van der Waals surface area contributed by atoms with Crippen LogP contribution in [-0.2, 0) is 14.8 Å². The van der Waals surface area contributed by atoms with Crippen molar-refractivity contribution in [2.24, 2.45) is 0 Å². The van der Waals surface area contributed by atoms with Crippen LogP contribution in [0.5, 0.6) is 5.75 Å². The lowest BCUT2D eigenvalue weighted by atomic mass is 10.2. The lowest BCUT2D eigenvalue weighted by Gasteiger charge is -2.15. The van der Waals surface area contributed by atoms with Crippen molar-refractivity contribution >= 4 is 27.5 Å². The van der Waals surface area contributed by atoms with E-state index in [0.29, 0.717) is 16.3 Å². The summed E-state index contributed by atoms with van der Waals surface area (Å²) in [5.74, 6) is -0.302. The van der Waals surface area contributed by atoms with Gasteiger partial charge in [0.1, 0.15) is 5.75 Å². The number of halogens is 1. The second kappa shape index (κ2) is 7.98. The first-order chi connectivity index (χ1) is 11.8. The molecule has 2 rings (SSSR count). The average molecular weight is 380 g/mol. The van der Waals surface area contributed by atoms with Crippen molar-refractivity contribution in [2.45, 2.75) is 17.9 Å². The van der Waals surface area contributed by atoms with Crippen LogP contribution in [0.25, 0.3) is 0 Å². The molecule has 25 heavy (non-hydrogen) atoms. The van der Waals surface area contributed by atoms with Crippen molar-refractivity contribution in [2.75, 3.05) is 0 Å². The topological polar surface area (TPSA) is 108 Å². The fourth-order valence-corrected chi connectivity index (χ4v) is 2.73. The maximum Gasteiger partial charge on any atom is 0.275 e. The molecule has 0 spiro atoms. The Bertz CT molecular complexity index is 890. The zero-order valence-corrected chi connectivity index (χ0v) is 14.6. The molecule has 0 unspecified atom stereocenters. The molecule has 7 nitrogen and oxygen atoms in total. The third-order valence-electron chi connectivity index (χ3n) is 3.10. The summed E-state index contributed by atoms with van der Waals surface area (Å²) in [5, 5.41) is 9.12. The number of hydrogen-bond donors (Lipinski definition) is 2. The average Bonchev–Trinajstić information content (AvgIpc) is 2.60. The molecule has 1 atom stereocenters. The van der Waals surface area contributed by atoms with Crippen LogP contribution < -0.4 is 15.0 Å². The number of benzene rings is 2. The number of carbonyl (C=O) groups is 1. The third-order valence-corrected chi connectivity index (χ3v) is 4.61. The number of nitrogens with zero attached hydrogens (tertiary/aromatic N) is 1. The minimum atomic E-state index is -3.92. The van der Waals surface area contributed by atoms with Gasteiger partial charge >= 0.3 is 0 Å². The highest BCUT2D eigenvalue weighted by atomic mass is 35.5. The Kier molecular flexibility index (Phi) is 5.98. The lowest BCUT2D eigenvalue weighted by Crippen LogP contribution is -2.47. The summed E-state index contributed by atoms with van der Waals surface area (Å²) < 4.78 is 29.5. The maximum absolute atomic E-state index is 12.1. The van der Waals surface area contributed by atoms with Crippen LogP contribution in [0.1, 0.15) is 12.5 Å². The van der Waals surface area contributed by atoms with Gasteiger partial charge in [-0.1, -0.05) is 11.6 Å². The predicted octanol–water partition coefficient (Wildman–Crippen LogP) is 1.99. The maximum atomic E-state index is 12.1. The molecule has 0 aromatic heterocycles. The van der Waals surface area contributed by atoms with E-state index in [1.54, 1.807) is 24.3 Å². The Morgan fingerprint density at radius 1 is 1.16 bits per heavy atom. The fraction of sp³-hybridized carbons (Fsp3) is 0.125. The van der Waals surface area contributed by atoms with Crippen molar-refractivity contribution in [1.29, 1.82) is 5.26 Å². The van der Waals surface area contributed by atoms with Crippen LogP contribution in [0.4, 0.5) is 0 Å². The van der Waals surface area contributed by atoms with Gasteiger partial charge in [0.25, 0.3) is 15.9 Å². The highest BCUT2D eigenvalue weighted by Crippen LogP contribution is 2.14. The van der Waals surface area contributed by atoms with Crippen LogP contribution >= 0.6 is 11.6 Å². The molecule has 0 aliphatic heterocycles. The monoisotopic (exact) mass is 379 g/mol. The van der Waals surface area contributed by atoms with Gasteiger partial charge in [0, 0.05) is 5.02 Å². The van der Waals surface area contributed by atoms with E-state index in [-0.39, 0.29) is 4.90 Å². The van der Waals surface area contributed by atoms with Crippen molar-refractivity contribution in [3.63, 3.8) is 0 Å². The second-order valence-electron chi connectivity index (χ2n) is 4.94. The zero-order chi connectivity index (χ0) is 18.4. The third kappa shape index (κ3) is 5.19. The van der Waals surface area contributed by atoms with E-state index < -0.39 is 22.0 Å². The van der Waals surface area contributed by atoms with E-state index in [4.69, 9.17) is 21.6 Å². The minimum absolute atomic E-state index is 0.0436. The molecule has 1 amide bonds. The van der Waals surface area contributed by atoms with E-state index >= 15 is 0 Å². The van der Waals surface area contributed by atoms with Gasteiger partial charge in [0.2, 0.25) is 0 Å². The summed E-state index contributed by atoms with van der Waals surface area (Å²) >= 11 is 5.71. The van der Waals surface area contributed by atoms with Gasteiger partial charge in [0.05, 0.1) is 16.5 Å². The number of rotatable bonds is 6. The summed E-state index contributed by atoms with van der Waals surface area (Å²) in [6.45, 7) is 1.46. The molecule has 0 bridgehead atoms. The van der Waals surface area contributed by atoms with Gasteiger partial charge in [-0.15, -0.1) is 4.83 Å². The van der Waals surface area contributed by atoms with Crippen molar-refractivity contribution in [1.82, 2.24) is 10.3 Å². The number of hydrazine groups is 1. The number of carbonyl (C=O) groups excluding carboxylic acids is 1.